The summed E-state index contributed by atoms with van der Waals surface area (Å²) >= 11 is 5.02. The molecule has 7 nitrogen and oxygen atoms in total. The van der Waals surface area contributed by atoms with Crippen molar-refractivity contribution in [2.24, 2.45) is 5.10 Å². The van der Waals surface area contributed by atoms with Crippen LogP contribution in [0, 0.1) is 11.7 Å². The maximum Gasteiger partial charge on any atom is 0.216 e. The summed E-state index contributed by atoms with van der Waals surface area (Å²) in [5, 5.41) is 21.0. The van der Waals surface area contributed by atoms with E-state index in [4.69, 9.17) is 17.0 Å². The van der Waals surface area contributed by atoms with Crippen LogP contribution in [0.4, 0.5) is 0 Å². The monoisotopic (exact) mass is 291 g/mol. The molecule has 0 aliphatic carbocycles. The van der Waals surface area contributed by atoms with Gasteiger partial charge in [0.2, 0.25) is 4.77 Å². The van der Waals surface area contributed by atoms with Crippen LogP contribution < -0.4 is 9.84 Å². The van der Waals surface area contributed by atoms with E-state index in [1.807, 2.05) is 0 Å². The summed E-state index contributed by atoms with van der Waals surface area (Å²) in [6.07, 6.45) is 1.61. The smallest absolute Gasteiger partial charge is 0.216 e. The Morgan fingerprint density at radius 3 is 2.80 bits per heavy atom. The van der Waals surface area contributed by atoms with E-state index in [0.717, 1.165) is 5.56 Å². The van der Waals surface area contributed by atoms with Crippen molar-refractivity contribution in [1.29, 1.82) is 0 Å². The number of rotatable bonds is 5. The fourth-order valence-electron chi connectivity index (χ4n) is 1.42. The number of hydrogen-bond acceptors (Lipinski definition) is 6. The molecule has 1 N–H and O–H groups in total. The average Bonchev–Trinajstić information content (AvgIpc) is 2.75. The highest BCUT2D eigenvalue weighted by molar-refractivity contribution is 7.71. The number of aliphatic carboxylic acids is 1. The highest BCUT2D eigenvalue weighted by atomic mass is 32.1. The number of carbonyl (C=O) groups excluding carboxylic acids is 1. The topological polar surface area (TPSA) is 95.3 Å². The van der Waals surface area contributed by atoms with E-state index in [-0.39, 0.29) is 0 Å². The second-order valence-corrected chi connectivity index (χ2v) is 4.25. The number of carboxylic acid groups (broad SMARTS) is 1. The third-order valence-electron chi connectivity index (χ3n) is 2.37. The number of hydrogen-bond donors (Lipinski definition) is 1. The van der Waals surface area contributed by atoms with Crippen molar-refractivity contribution < 1.29 is 14.6 Å². The molecular formula is C12H11N4O3S-. The van der Waals surface area contributed by atoms with Gasteiger partial charge in [0.25, 0.3) is 0 Å². The van der Waals surface area contributed by atoms with Gasteiger partial charge in [-0.3, -0.25) is 5.10 Å². The second kappa shape index (κ2) is 6.11. The molecule has 0 spiro atoms. The molecule has 0 fully saturated rings. The molecule has 1 aromatic carbocycles. The molecule has 0 aliphatic heterocycles. The molecule has 0 amide bonds. The van der Waals surface area contributed by atoms with Crippen molar-refractivity contribution in [3.05, 3.63) is 40.4 Å². The zero-order chi connectivity index (χ0) is 14.5. The summed E-state index contributed by atoms with van der Waals surface area (Å²) in [6, 6.07) is 6.78. The lowest BCUT2D eigenvalue weighted by Gasteiger charge is -2.06. The number of benzene rings is 1. The van der Waals surface area contributed by atoms with Gasteiger partial charge >= 0.3 is 0 Å². The lowest BCUT2D eigenvalue weighted by Crippen LogP contribution is -2.28. The Labute approximate surface area is 119 Å². The van der Waals surface area contributed by atoms with Crippen molar-refractivity contribution in [2.75, 3.05) is 6.61 Å². The summed E-state index contributed by atoms with van der Waals surface area (Å²) in [5.74, 6) is -0.164. The zero-order valence-electron chi connectivity index (χ0n) is 10.6. The van der Waals surface area contributed by atoms with Crippen molar-refractivity contribution >= 4 is 24.4 Å². The quantitative estimate of drug-likeness (QED) is 0.630. The van der Waals surface area contributed by atoms with Crippen LogP contribution in [0.25, 0.3) is 0 Å². The van der Waals surface area contributed by atoms with Crippen molar-refractivity contribution in [3.63, 3.8) is 0 Å². The lowest BCUT2D eigenvalue weighted by molar-refractivity contribution is -0.307. The van der Waals surface area contributed by atoms with E-state index >= 15 is 0 Å². The molecule has 0 saturated heterocycles. The second-order valence-electron chi connectivity index (χ2n) is 3.86. The minimum Gasteiger partial charge on any atom is -0.546 e. The number of nitrogens with one attached hydrogen (secondary N) is 1. The van der Waals surface area contributed by atoms with Gasteiger partial charge in [0.1, 0.15) is 18.2 Å². The number of aromatic amines is 1. The predicted molar refractivity (Wildman–Crippen MR) is 72.1 cm³/mol. The van der Waals surface area contributed by atoms with E-state index in [0.29, 0.717) is 16.3 Å². The summed E-state index contributed by atoms with van der Waals surface area (Å²) < 4.78 is 6.87. The first kappa shape index (κ1) is 13.9. The first-order valence-corrected chi connectivity index (χ1v) is 6.08. The summed E-state index contributed by atoms with van der Waals surface area (Å²) in [6.45, 7) is 1.30. The number of aromatic nitrogens is 3. The maximum absolute atomic E-state index is 10.3. The van der Waals surface area contributed by atoms with Gasteiger partial charge in [0.15, 0.2) is 0 Å². The van der Waals surface area contributed by atoms with Crippen LogP contribution in [0.15, 0.2) is 29.4 Å². The van der Waals surface area contributed by atoms with E-state index in [2.05, 4.69) is 15.3 Å². The van der Waals surface area contributed by atoms with Gasteiger partial charge < -0.3 is 14.6 Å². The van der Waals surface area contributed by atoms with Gasteiger partial charge in [-0.25, -0.2) is 0 Å². The van der Waals surface area contributed by atoms with E-state index in [9.17, 15) is 9.90 Å². The Bertz CT molecular complexity index is 687. The number of carboxylic acids is 1. The van der Waals surface area contributed by atoms with Crippen molar-refractivity contribution in [3.8, 4) is 5.75 Å². The van der Waals surface area contributed by atoms with Crippen LogP contribution in [0.1, 0.15) is 11.4 Å². The summed E-state index contributed by atoms with van der Waals surface area (Å²) in [7, 11) is 0. The van der Waals surface area contributed by atoms with Gasteiger partial charge in [0.05, 0.1) is 12.2 Å². The number of aryl methyl sites for hydroxylation is 1. The normalized spacial score (nSPS) is 10.8. The fourth-order valence-corrected chi connectivity index (χ4v) is 1.65. The van der Waals surface area contributed by atoms with Crippen LogP contribution in [-0.4, -0.2) is 33.7 Å². The Morgan fingerprint density at radius 2 is 2.25 bits per heavy atom. The van der Waals surface area contributed by atoms with Crippen LogP contribution in [-0.2, 0) is 4.79 Å². The Balaban J connectivity index is 2.07. The fraction of sp³-hybridized carbons (Fsp3) is 0.167. The number of ether oxygens (including phenoxy) is 1. The number of carbonyl (C=O) groups is 1. The molecule has 0 unspecified atom stereocenters. The van der Waals surface area contributed by atoms with Gasteiger partial charge in [-0.1, -0.05) is 0 Å². The van der Waals surface area contributed by atoms with E-state index in [1.165, 1.54) is 4.68 Å². The molecular weight excluding hydrogens is 280 g/mol. The molecule has 20 heavy (non-hydrogen) atoms. The Morgan fingerprint density at radius 1 is 1.55 bits per heavy atom. The van der Waals surface area contributed by atoms with E-state index in [1.54, 1.807) is 37.4 Å². The summed E-state index contributed by atoms with van der Waals surface area (Å²) in [5.41, 5.74) is 0.813. The van der Waals surface area contributed by atoms with Gasteiger partial charge in [-0.2, -0.15) is 14.9 Å². The largest absolute Gasteiger partial charge is 0.546 e. The lowest BCUT2D eigenvalue weighted by atomic mass is 10.2. The van der Waals surface area contributed by atoms with Crippen LogP contribution in [0.3, 0.4) is 0 Å². The van der Waals surface area contributed by atoms with Crippen LogP contribution in [0.5, 0.6) is 5.75 Å². The van der Waals surface area contributed by atoms with Crippen LogP contribution in [0.2, 0.25) is 0 Å². The molecule has 0 radical (unpaired) electrons. The van der Waals surface area contributed by atoms with Crippen molar-refractivity contribution in [2.45, 2.75) is 6.92 Å². The molecule has 1 heterocycles. The molecule has 0 saturated carbocycles. The SMILES string of the molecule is Cc1n[nH]c(=S)n1/N=C\c1ccc(OCC(=O)[O-])cc1. The molecule has 8 heteroatoms. The highest BCUT2D eigenvalue weighted by Gasteiger charge is 1.98. The van der Waals surface area contributed by atoms with Crippen LogP contribution >= 0.6 is 12.2 Å². The first-order valence-electron chi connectivity index (χ1n) is 5.67. The first-order chi connectivity index (χ1) is 9.56. The summed E-state index contributed by atoms with van der Waals surface area (Å²) in [4.78, 5) is 10.3. The predicted octanol–water partition coefficient (Wildman–Crippen LogP) is 0.260. The minimum atomic E-state index is -1.26. The van der Waals surface area contributed by atoms with Gasteiger partial charge in [-0.05, 0) is 49.0 Å². The Kier molecular flexibility index (Phi) is 4.26. The molecule has 1 aromatic heterocycles. The molecule has 0 atom stereocenters. The Hall–Kier alpha value is -2.48. The van der Waals surface area contributed by atoms with Gasteiger partial charge in [-0.15, -0.1) is 0 Å². The molecule has 2 aromatic rings. The zero-order valence-corrected chi connectivity index (χ0v) is 11.4. The third-order valence-corrected chi connectivity index (χ3v) is 2.64. The number of nitrogens with zero attached hydrogens (tertiary/aromatic N) is 3. The van der Waals surface area contributed by atoms with Gasteiger partial charge in [0, 0.05) is 0 Å². The standard InChI is InChI=1S/C12H12N4O3S/c1-8-14-15-12(20)16(8)13-6-9-2-4-10(5-3-9)19-7-11(17)18/h2-6H,7H2,1H3,(H,15,20)(H,17,18)/p-1/b13-6-. The molecule has 0 aliphatic rings. The molecule has 2 rings (SSSR count). The van der Waals surface area contributed by atoms with E-state index < -0.39 is 12.6 Å². The van der Waals surface area contributed by atoms with Crippen molar-refractivity contribution in [1.82, 2.24) is 14.9 Å². The highest BCUT2D eigenvalue weighted by Crippen LogP contribution is 2.11. The average molecular weight is 291 g/mol. The minimum absolute atomic E-state index is 0.410. The number of H-pyrrole nitrogens is 1. The molecule has 0 bridgehead atoms. The molecule has 104 valence electrons. The maximum atomic E-state index is 10.3. The third kappa shape index (κ3) is 3.51.